The van der Waals surface area contributed by atoms with Crippen LogP contribution in [-0.2, 0) is 4.79 Å². The fourth-order valence-electron chi connectivity index (χ4n) is 2.79. The minimum absolute atomic E-state index is 0.0728. The Morgan fingerprint density at radius 1 is 1.30 bits per heavy atom. The molecule has 0 saturated carbocycles. The van der Waals surface area contributed by atoms with E-state index in [9.17, 15) is 9.59 Å². The third-order valence-corrected chi connectivity index (χ3v) is 4.31. The molecule has 1 aliphatic rings. The Morgan fingerprint density at radius 2 is 2.04 bits per heavy atom. The van der Waals surface area contributed by atoms with Crippen molar-refractivity contribution in [2.24, 2.45) is 5.92 Å². The minimum Gasteiger partial charge on any atom is -0.352 e. The number of carbonyl (C=O) groups is 2. The molecule has 0 unspecified atom stereocenters. The molecule has 0 aliphatic carbocycles. The second kappa shape index (κ2) is 8.89. The fourth-order valence-corrected chi connectivity index (χ4v) is 2.96. The van der Waals surface area contributed by atoms with Gasteiger partial charge in [-0.25, -0.2) is 0 Å². The number of amides is 2. The molecule has 1 saturated heterocycles. The lowest BCUT2D eigenvalue weighted by Crippen LogP contribution is -2.28. The molecule has 1 aromatic rings. The molecule has 1 fully saturated rings. The van der Waals surface area contributed by atoms with E-state index in [4.69, 9.17) is 11.6 Å². The number of anilines is 1. The molecule has 2 amide bonds. The van der Waals surface area contributed by atoms with E-state index >= 15 is 0 Å². The first-order valence-electron chi connectivity index (χ1n) is 8.18. The third-order valence-electron chi connectivity index (χ3n) is 4.08. The second-order valence-electron chi connectivity index (χ2n) is 5.83. The van der Waals surface area contributed by atoms with Crippen molar-refractivity contribution < 1.29 is 9.59 Å². The summed E-state index contributed by atoms with van der Waals surface area (Å²) in [6.07, 6.45) is 3.58. The molecule has 0 bridgehead atoms. The Morgan fingerprint density at radius 3 is 2.74 bits per heavy atom. The van der Waals surface area contributed by atoms with Crippen LogP contribution in [0.5, 0.6) is 0 Å². The molecule has 1 heterocycles. The number of benzene rings is 1. The van der Waals surface area contributed by atoms with Crippen LogP contribution >= 0.6 is 11.6 Å². The number of halogens is 1. The SMILES string of the molecule is CCNC(=O)c1ccc(Cl)cc1NC(=O)CCC1CCNCC1. The number of nitrogens with one attached hydrogen (secondary N) is 3. The lowest BCUT2D eigenvalue weighted by atomic mass is 9.93. The number of piperidine rings is 1. The Balaban J connectivity index is 1.96. The normalized spacial score (nSPS) is 15.2. The maximum absolute atomic E-state index is 12.2. The molecule has 23 heavy (non-hydrogen) atoms. The molecule has 0 spiro atoms. The van der Waals surface area contributed by atoms with Crippen LogP contribution in [0.15, 0.2) is 18.2 Å². The first kappa shape index (κ1) is 17.8. The van der Waals surface area contributed by atoms with Crippen LogP contribution in [0.1, 0.15) is 43.0 Å². The van der Waals surface area contributed by atoms with Gasteiger partial charge in [0.1, 0.15) is 0 Å². The fraction of sp³-hybridized carbons (Fsp3) is 0.529. The van der Waals surface area contributed by atoms with Gasteiger partial charge in [0, 0.05) is 18.0 Å². The summed E-state index contributed by atoms with van der Waals surface area (Å²) in [4.78, 5) is 24.2. The summed E-state index contributed by atoms with van der Waals surface area (Å²) < 4.78 is 0. The van der Waals surface area contributed by atoms with Crippen LogP contribution in [0.2, 0.25) is 5.02 Å². The van der Waals surface area contributed by atoms with Crippen LogP contribution in [0.4, 0.5) is 5.69 Å². The molecular formula is C17H24ClN3O2. The van der Waals surface area contributed by atoms with Crippen LogP contribution < -0.4 is 16.0 Å². The Bertz CT molecular complexity index is 557. The molecule has 6 heteroatoms. The summed E-state index contributed by atoms with van der Waals surface area (Å²) in [6.45, 7) is 4.44. The van der Waals surface area contributed by atoms with E-state index in [1.54, 1.807) is 18.2 Å². The predicted octanol–water partition coefficient (Wildman–Crippen LogP) is 2.81. The first-order chi connectivity index (χ1) is 11.1. The maximum atomic E-state index is 12.2. The van der Waals surface area contributed by atoms with Gasteiger partial charge in [0.2, 0.25) is 5.91 Å². The van der Waals surface area contributed by atoms with Crippen molar-refractivity contribution in [3.05, 3.63) is 28.8 Å². The van der Waals surface area contributed by atoms with Crippen LogP contribution in [0.3, 0.4) is 0 Å². The van der Waals surface area contributed by atoms with Crippen LogP contribution in [0.25, 0.3) is 0 Å². The van der Waals surface area contributed by atoms with Crippen molar-refractivity contribution in [3.63, 3.8) is 0 Å². The molecule has 126 valence electrons. The minimum atomic E-state index is -0.210. The van der Waals surface area contributed by atoms with E-state index in [-0.39, 0.29) is 11.8 Å². The molecular weight excluding hydrogens is 314 g/mol. The highest BCUT2D eigenvalue weighted by atomic mass is 35.5. The molecule has 1 aromatic carbocycles. The zero-order valence-corrected chi connectivity index (χ0v) is 14.2. The summed E-state index contributed by atoms with van der Waals surface area (Å²) >= 11 is 5.99. The highest BCUT2D eigenvalue weighted by Crippen LogP contribution is 2.23. The van der Waals surface area contributed by atoms with Gasteiger partial charge in [0.15, 0.2) is 0 Å². The summed E-state index contributed by atoms with van der Waals surface area (Å²) in [5.74, 6) is 0.318. The standard InChI is InChI=1S/C17H24ClN3O2/c1-2-20-17(23)14-5-4-13(18)11-15(14)21-16(22)6-3-12-7-9-19-10-8-12/h4-5,11-12,19H,2-3,6-10H2,1H3,(H,20,23)(H,21,22). The van der Waals surface area contributed by atoms with E-state index in [0.717, 1.165) is 32.4 Å². The molecule has 3 N–H and O–H groups in total. The molecule has 0 atom stereocenters. The van der Waals surface area contributed by atoms with Gasteiger partial charge < -0.3 is 16.0 Å². The van der Waals surface area contributed by atoms with Gasteiger partial charge in [-0.1, -0.05) is 11.6 Å². The number of carbonyl (C=O) groups excluding carboxylic acids is 2. The van der Waals surface area contributed by atoms with Gasteiger partial charge >= 0.3 is 0 Å². The summed E-state index contributed by atoms with van der Waals surface area (Å²) in [7, 11) is 0. The number of hydrogen-bond donors (Lipinski definition) is 3. The molecule has 0 aromatic heterocycles. The van der Waals surface area contributed by atoms with Gasteiger partial charge in [0.05, 0.1) is 11.3 Å². The monoisotopic (exact) mass is 337 g/mol. The van der Waals surface area contributed by atoms with Crippen molar-refractivity contribution in [2.45, 2.75) is 32.6 Å². The third kappa shape index (κ3) is 5.52. The van der Waals surface area contributed by atoms with E-state index < -0.39 is 0 Å². The van der Waals surface area contributed by atoms with Crippen LogP contribution in [-0.4, -0.2) is 31.4 Å². The van der Waals surface area contributed by atoms with E-state index in [0.29, 0.717) is 35.2 Å². The van der Waals surface area contributed by atoms with Crippen molar-refractivity contribution >= 4 is 29.1 Å². The van der Waals surface area contributed by atoms with Crippen molar-refractivity contribution in [2.75, 3.05) is 25.0 Å². The zero-order valence-electron chi connectivity index (χ0n) is 13.5. The van der Waals surface area contributed by atoms with Gasteiger partial charge in [-0.3, -0.25) is 9.59 Å². The quantitative estimate of drug-likeness (QED) is 0.747. The zero-order chi connectivity index (χ0) is 16.7. The summed E-state index contributed by atoms with van der Waals surface area (Å²) in [5.41, 5.74) is 0.908. The predicted molar refractivity (Wildman–Crippen MR) is 92.9 cm³/mol. The highest BCUT2D eigenvalue weighted by Gasteiger charge is 2.17. The van der Waals surface area contributed by atoms with Crippen molar-refractivity contribution in [1.82, 2.24) is 10.6 Å². The molecule has 2 rings (SSSR count). The Labute approximate surface area is 142 Å². The van der Waals surface area contributed by atoms with Crippen molar-refractivity contribution in [1.29, 1.82) is 0 Å². The first-order valence-corrected chi connectivity index (χ1v) is 8.56. The Hall–Kier alpha value is -1.59. The number of rotatable bonds is 6. The number of hydrogen-bond acceptors (Lipinski definition) is 3. The summed E-state index contributed by atoms with van der Waals surface area (Å²) in [6, 6.07) is 4.90. The lowest BCUT2D eigenvalue weighted by molar-refractivity contribution is -0.116. The van der Waals surface area contributed by atoms with Gasteiger partial charge in [-0.05, 0) is 63.4 Å². The van der Waals surface area contributed by atoms with Gasteiger partial charge in [-0.2, -0.15) is 0 Å². The van der Waals surface area contributed by atoms with Crippen LogP contribution in [0, 0.1) is 5.92 Å². The average Bonchev–Trinajstić information content (AvgIpc) is 2.54. The molecule has 1 aliphatic heterocycles. The second-order valence-corrected chi connectivity index (χ2v) is 6.27. The van der Waals surface area contributed by atoms with Gasteiger partial charge in [0.25, 0.3) is 5.91 Å². The molecule has 0 radical (unpaired) electrons. The molecule has 5 nitrogen and oxygen atoms in total. The van der Waals surface area contributed by atoms with E-state index in [1.165, 1.54) is 0 Å². The smallest absolute Gasteiger partial charge is 0.253 e. The summed E-state index contributed by atoms with van der Waals surface area (Å²) in [5, 5.41) is 9.38. The van der Waals surface area contributed by atoms with Gasteiger partial charge in [-0.15, -0.1) is 0 Å². The average molecular weight is 338 g/mol. The highest BCUT2D eigenvalue weighted by molar-refractivity contribution is 6.31. The Kier molecular flexibility index (Phi) is 6.86. The largest absolute Gasteiger partial charge is 0.352 e. The lowest BCUT2D eigenvalue weighted by Gasteiger charge is -2.22. The van der Waals surface area contributed by atoms with E-state index in [1.807, 2.05) is 6.92 Å². The van der Waals surface area contributed by atoms with E-state index in [2.05, 4.69) is 16.0 Å². The van der Waals surface area contributed by atoms with Crippen molar-refractivity contribution in [3.8, 4) is 0 Å². The topological polar surface area (TPSA) is 70.2 Å². The maximum Gasteiger partial charge on any atom is 0.253 e.